The topological polar surface area (TPSA) is 94.2 Å². The van der Waals surface area contributed by atoms with Gasteiger partial charge in [-0.05, 0) is 26.0 Å². The van der Waals surface area contributed by atoms with Crippen molar-refractivity contribution in [2.45, 2.75) is 26.4 Å². The van der Waals surface area contributed by atoms with Crippen LogP contribution in [0.1, 0.15) is 19.6 Å². The molecule has 7 nitrogen and oxygen atoms in total. The maximum atomic E-state index is 9.10. The number of furan rings is 1. The second kappa shape index (κ2) is 8.43. The van der Waals surface area contributed by atoms with Gasteiger partial charge in [-0.25, -0.2) is 9.59 Å². The Hall–Kier alpha value is -1.86. The maximum absolute atomic E-state index is 9.10. The highest BCUT2D eigenvalue weighted by molar-refractivity contribution is 6.27. The molecule has 7 heteroatoms. The predicted octanol–water partition coefficient (Wildman–Crippen LogP) is 0.961. The summed E-state index contributed by atoms with van der Waals surface area (Å²) in [5.41, 5.74) is 0. The third-order valence-electron chi connectivity index (χ3n) is 3.28. The largest absolute Gasteiger partial charge is 0.473 e. The van der Waals surface area contributed by atoms with Crippen LogP contribution in [0.25, 0.3) is 0 Å². The van der Waals surface area contributed by atoms with Crippen molar-refractivity contribution in [3.05, 3.63) is 24.2 Å². The molecule has 1 aromatic heterocycles. The van der Waals surface area contributed by atoms with E-state index < -0.39 is 11.9 Å². The van der Waals surface area contributed by atoms with Gasteiger partial charge < -0.3 is 14.6 Å². The quantitative estimate of drug-likeness (QED) is 0.803. The fourth-order valence-electron chi connectivity index (χ4n) is 2.06. The lowest BCUT2D eigenvalue weighted by atomic mass is 10.2. The molecule has 2 N–H and O–H groups in total. The molecule has 0 amide bonds. The molecule has 1 aromatic rings. The molecule has 0 unspecified atom stereocenters. The second-order valence-electron chi connectivity index (χ2n) is 5.10. The first kappa shape index (κ1) is 17.2. The molecule has 0 aliphatic carbocycles. The summed E-state index contributed by atoms with van der Waals surface area (Å²) in [5, 5.41) is 14.8. The van der Waals surface area contributed by atoms with Gasteiger partial charge in [0.05, 0.1) is 12.8 Å². The fraction of sp³-hybridized carbons (Fsp3) is 0.571. The summed E-state index contributed by atoms with van der Waals surface area (Å²) < 4.78 is 5.36. The Balaban J connectivity index is 0.000000315. The van der Waals surface area contributed by atoms with Crippen LogP contribution in [0, 0.1) is 0 Å². The molecule has 118 valence electrons. The molecule has 1 fully saturated rings. The smallest absolute Gasteiger partial charge is 0.414 e. The van der Waals surface area contributed by atoms with E-state index in [9.17, 15) is 0 Å². The van der Waals surface area contributed by atoms with Crippen LogP contribution in [-0.4, -0.2) is 64.2 Å². The number of nitrogens with zero attached hydrogens (tertiary/aromatic N) is 2. The van der Waals surface area contributed by atoms with Gasteiger partial charge in [-0.2, -0.15) is 0 Å². The highest BCUT2D eigenvalue weighted by Crippen LogP contribution is 2.10. The molecule has 2 heterocycles. The van der Waals surface area contributed by atoms with Gasteiger partial charge in [0, 0.05) is 32.2 Å². The molecule has 2 rings (SSSR count). The van der Waals surface area contributed by atoms with Gasteiger partial charge in [-0.15, -0.1) is 0 Å². The molecule has 0 bridgehead atoms. The van der Waals surface area contributed by atoms with Crippen LogP contribution < -0.4 is 0 Å². The zero-order valence-electron chi connectivity index (χ0n) is 12.4. The van der Waals surface area contributed by atoms with Crippen LogP contribution in [0.2, 0.25) is 0 Å². The SMILES string of the molecule is CC(C)N1CCN(Cc2ccco2)CC1.O=C(O)C(=O)O. The summed E-state index contributed by atoms with van der Waals surface area (Å²) in [7, 11) is 0. The Kier molecular flexibility index (Phi) is 6.90. The first-order valence-electron chi connectivity index (χ1n) is 6.85. The summed E-state index contributed by atoms with van der Waals surface area (Å²) in [4.78, 5) is 23.2. The molecule has 0 spiro atoms. The molecule has 0 radical (unpaired) electrons. The Morgan fingerprint density at radius 3 is 2.14 bits per heavy atom. The van der Waals surface area contributed by atoms with E-state index in [2.05, 4.69) is 29.7 Å². The van der Waals surface area contributed by atoms with Gasteiger partial charge in [0.2, 0.25) is 0 Å². The number of carboxylic acid groups (broad SMARTS) is 2. The minimum atomic E-state index is -1.82. The van der Waals surface area contributed by atoms with Gasteiger partial charge in [0.15, 0.2) is 0 Å². The maximum Gasteiger partial charge on any atom is 0.414 e. The minimum Gasteiger partial charge on any atom is -0.473 e. The van der Waals surface area contributed by atoms with Crippen molar-refractivity contribution in [2.75, 3.05) is 26.2 Å². The second-order valence-corrected chi connectivity index (χ2v) is 5.10. The highest BCUT2D eigenvalue weighted by Gasteiger charge is 2.19. The van der Waals surface area contributed by atoms with Crippen LogP contribution in [0.4, 0.5) is 0 Å². The zero-order valence-corrected chi connectivity index (χ0v) is 12.4. The normalized spacial score (nSPS) is 16.3. The minimum absolute atomic E-state index is 0.677. The monoisotopic (exact) mass is 298 g/mol. The molecule has 0 aromatic carbocycles. The zero-order chi connectivity index (χ0) is 15.8. The lowest BCUT2D eigenvalue weighted by Gasteiger charge is -2.36. The Bertz CT molecular complexity index is 424. The van der Waals surface area contributed by atoms with Gasteiger partial charge in [-0.1, -0.05) is 0 Å². The number of carboxylic acids is 2. The van der Waals surface area contributed by atoms with Crippen LogP contribution in [0.15, 0.2) is 22.8 Å². The first-order valence-corrected chi connectivity index (χ1v) is 6.85. The molecule has 0 atom stereocenters. The molecule has 21 heavy (non-hydrogen) atoms. The summed E-state index contributed by atoms with van der Waals surface area (Å²) in [5.74, 6) is -2.57. The molecular weight excluding hydrogens is 276 g/mol. The van der Waals surface area contributed by atoms with Crippen molar-refractivity contribution < 1.29 is 24.2 Å². The van der Waals surface area contributed by atoms with E-state index in [0.717, 1.165) is 25.4 Å². The van der Waals surface area contributed by atoms with Crippen LogP contribution >= 0.6 is 0 Å². The number of carbonyl (C=O) groups is 2. The van der Waals surface area contributed by atoms with Crippen LogP contribution in [-0.2, 0) is 16.1 Å². The van der Waals surface area contributed by atoms with Gasteiger partial charge in [0.1, 0.15) is 5.76 Å². The van der Waals surface area contributed by atoms with Gasteiger partial charge >= 0.3 is 11.9 Å². The third kappa shape index (κ3) is 6.42. The lowest BCUT2D eigenvalue weighted by Crippen LogP contribution is -2.48. The Morgan fingerprint density at radius 1 is 1.19 bits per heavy atom. The van der Waals surface area contributed by atoms with Crippen LogP contribution in [0.3, 0.4) is 0 Å². The summed E-state index contributed by atoms with van der Waals surface area (Å²) in [6.07, 6.45) is 1.75. The molecule has 1 saturated heterocycles. The summed E-state index contributed by atoms with van der Waals surface area (Å²) in [6.45, 7) is 10.2. The van der Waals surface area contributed by atoms with E-state index in [1.807, 2.05) is 6.07 Å². The van der Waals surface area contributed by atoms with E-state index in [1.54, 1.807) is 6.26 Å². The van der Waals surface area contributed by atoms with Gasteiger partial charge in [0.25, 0.3) is 0 Å². The number of hydrogen-bond donors (Lipinski definition) is 2. The van der Waals surface area contributed by atoms with Gasteiger partial charge in [-0.3, -0.25) is 9.80 Å². The van der Waals surface area contributed by atoms with Crippen molar-refractivity contribution in [3.8, 4) is 0 Å². The Labute approximate surface area is 123 Å². The van der Waals surface area contributed by atoms with Crippen molar-refractivity contribution in [1.82, 2.24) is 9.80 Å². The number of aliphatic carboxylic acids is 2. The summed E-state index contributed by atoms with van der Waals surface area (Å²) >= 11 is 0. The van der Waals surface area contributed by atoms with Crippen molar-refractivity contribution in [2.24, 2.45) is 0 Å². The van der Waals surface area contributed by atoms with E-state index in [-0.39, 0.29) is 0 Å². The van der Waals surface area contributed by atoms with Crippen molar-refractivity contribution >= 4 is 11.9 Å². The molecular formula is C14H22N2O5. The fourth-order valence-corrected chi connectivity index (χ4v) is 2.06. The van der Waals surface area contributed by atoms with E-state index in [0.29, 0.717) is 6.04 Å². The van der Waals surface area contributed by atoms with E-state index >= 15 is 0 Å². The average molecular weight is 298 g/mol. The third-order valence-corrected chi connectivity index (χ3v) is 3.28. The molecule has 1 aliphatic heterocycles. The average Bonchev–Trinajstić information content (AvgIpc) is 2.93. The Morgan fingerprint density at radius 2 is 1.76 bits per heavy atom. The first-order chi connectivity index (χ1) is 9.90. The molecule has 1 aliphatic rings. The number of piperazine rings is 1. The standard InChI is InChI=1S/C12H20N2O.C2H2O4/c1-11(2)14-7-5-13(6-8-14)10-12-4-3-9-15-12;3-1(4)2(5)6/h3-4,9,11H,5-8,10H2,1-2H3;(H,3,4)(H,5,6). The van der Waals surface area contributed by atoms with Crippen molar-refractivity contribution in [3.63, 3.8) is 0 Å². The van der Waals surface area contributed by atoms with Crippen molar-refractivity contribution in [1.29, 1.82) is 0 Å². The highest BCUT2D eigenvalue weighted by atomic mass is 16.4. The number of rotatable bonds is 3. The summed E-state index contributed by atoms with van der Waals surface area (Å²) in [6, 6.07) is 4.69. The van der Waals surface area contributed by atoms with E-state index in [1.165, 1.54) is 13.1 Å². The van der Waals surface area contributed by atoms with E-state index in [4.69, 9.17) is 24.2 Å². The predicted molar refractivity (Wildman–Crippen MR) is 76.0 cm³/mol. The molecule has 0 saturated carbocycles. The lowest BCUT2D eigenvalue weighted by molar-refractivity contribution is -0.159. The number of hydrogen-bond acceptors (Lipinski definition) is 5. The van der Waals surface area contributed by atoms with Crippen LogP contribution in [0.5, 0.6) is 0 Å².